The van der Waals surface area contributed by atoms with Gasteiger partial charge in [-0.3, -0.25) is 0 Å². The molecular weight excluding hydrogens is 200 g/mol. The van der Waals surface area contributed by atoms with Gasteiger partial charge in [0.25, 0.3) is 0 Å². The lowest BCUT2D eigenvalue weighted by molar-refractivity contribution is 0.281. The number of aliphatic hydroxyl groups is 1. The van der Waals surface area contributed by atoms with E-state index in [0.717, 1.165) is 36.1 Å². The monoisotopic (exact) mass is 220 g/mol. The van der Waals surface area contributed by atoms with E-state index in [1.54, 1.807) is 0 Å². The predicted octanol–water partition coefficient (Wildman–Crippen LogP) is 2.12. The third-order valence-corrected chi connectivity index (χ3v) is 3.37. The van der Waals surface area contributed by atoms with Crippen LogP contribution in [0.15, 0.2) is 12.1 Å². The van der Waals surface area contributed by atoms with E-state index in [2.05, 4.69) is 16.8 Å². The van der Waals surface area contributed by atoms with E-state index in [4.69, 9.17) is 0 Å². The van der Waals surface area contributed by atoms with E-state index in [1.165, 1.54) is 12.8 Å². The summed E-state index contributed by atoms with van der Waals surface area (Å²) in [5.41, 5.74) is 1.95. The van der Waals surface area contributed by atoms with Gasteiger partial charge in [0.1, 0.15) is 5.82 Å². The van der Waals surface area contributed by atoms with Crippen molar-refractivity contribution in [2.75, 3.05) is 18.0 Å². The number of rotatable bonds is 3. The van der Waals surface area contributed by atoms with Crippen LogP contribution in [0.3, 0.4) is 0 Å². The molecule has 1 saturated heterocycles. The minimum Gasteiger partial charge on any atom is -0.392 e. The molecule has 0 saturated carbocycles. The number of aromatic nitrogens is 1. The molecule has 0 aromatic carbocycles. The quantitative estimate of drug-likeness (QED) is 0.847. The third kappa shape index (κ3) is 2.35. The molecule has 0 aliphatic carbocycles. The predicted molar refractivity (Wildman–Crippen MR) is 65.5 cm³/mol. The van der Waals surface area contributed by atoms with E-state index >= 15 is 0 Å². The lowest BCUT2D eigenvalue weighted by atomic mass is 10.1. The summed E-state index contributed by atoms with van der Waals surface area (Å²) in [6.07, 6.45) is 2.51. The van der Waals surface area contributed by atoms with Crippen LogP contribution in [-0.4, -0.2) is 23.2 Å². The molecule has 16 heavy (non-hydrogen) atoms. The average molecular weight is 220 g/mol. The van der Waals surface area contributed by atoms with Crippen LogP contribution in [0.1, 0.15) is 31.0 Å². The molecule has 1 aliphatic heterocycles. The Morgan fingerprint density at radius 1 is 1.50 bits per heavy atom. The normalized spacial score (nSPS) is 20.4. The number of pyridine rings is 1. The Labute approximate surface area is 97.1 Å². The van der Waals surface area contributed by atoms with E-state index in [1.807, 2.05) is 19.1 Å². The van der Waals surface area contributed by atoms with Crippen molar-refractivity contribution in [3.8, 4) is 0 Å². The summed E-state index contributed by atoms with van der Waals surface area (Å²) in [7, 11) is 0. The summed E-state index contributed by atoms with van der Waals surface area (Å²) in [5, 5.41) is 9.18. The summed E-state index contributed by atoms with van der Waals surface area (Å²) in [5.74, 6) is 1.83. The Kier molecular flexibility index (Phi) is 3.44. The van der Waals surface area contributed by atoms with E-state index in [-0.39, 0.29) is 6.61 Å². The molecule has 0 radical (unpaired) electrons. The van der Waals surface area contributed by atoms with Crippen molar-refractivity contribution in [3.63, 3.8) is 0 Å². The molecule has 1 fully saturated rings. The Bertz CT molecular complexity index is 365. The number of nitrogens with zero attached hydrogens (tertiary/aromatic N) is 2. The Hall–Kier alpha value is -1.09. The highest BCUT2D eigenvalue weighted by Gasteiger charge is 2.22. The highest BCUT2D eigenvalue weighted by molar-refractivity contribution is 5.43. The van der Waals surface area contributed by atoms with Crippen molar-refractivity contribution in [1.82, 2.24) is 4.98 Å². The van der Waals surface area contributed by atoms with E-state index < -0.39 is 0 Å². The van der Waals surface area contributed by atoms with Gasteiger partial charge in [-0.1, -0.05) is 13.3 Å². The van der Waals surface area contributed by atoms with Gasteiger partial charge in [-0.2, -0.15) is 0 Å². The second-order valence-electron chi connectivity index (χ2n) is 4.64. The molecule has 3 nitrogen and oxygen atoms in total. The van der Waals surface area contributed by atoms with Crippen LogP contribution >= 0.6 is 0 Å². The molecule has 1 aliphatic rings. The zero-order valence-corrected chi connectivity index (χ0v) is 10.1. The molecule has 0 bridgehead atoms. The number of aliphatic hydroxyl groups excluding tert-OH is 1. The molecule has 2 heterocycles. The Morgan fingerprint density at radius 2 is 2.31 bits per heavy atom. The molecule has 3 heteroatoms. The van der Waals surface area contributed by atoms with Gasteiger partial charge >= 0.3 is 0 Å². The minimum atomic E-state index is 0.0986. The van der Waals surface area contributed by atoms with Crippen LogP contribution in [0.2, 0.25) is 0 Å². The lowest BCUT2D eigenvalue weighted by Gasteiger charge is -2.18. The fraction of sp³-hybridized carbons (Fsp3) is 0.615. The van der Waals surface area contributed by atoms with Crippen LogP contribution in [0.5, 0.6) is 0 Å². The number of hydrogen-bond donors (Lipinski definition) is 1. The van der Waals surface area contributed by atoms with Gasteiger partial charge in [0.05, 0.1) is 6.61 Å². The first kappa shape index (κ1) is 11.4. The Balaban J connectivity index is 2.17. The Morgan fingerprint density at radius 3 is 2.94 bits per heavy atom. The van der Waals surface area contributed by atoms with Crippen molar-refractivity contribution in [2.45, 2.75) is 33.3 Å². The van der Waals surface area contributed by atoms with Crippen LogP contribution < -0.4 is 4.90 Å². The maximum Gasteiger partial charge on any atom is 0.129 e. The smallest absolute Gasteiger partial charge is 0.129 e. The van der Waals surface area contributed by atoms with Gasteiger partial charge < -0.3 is 10.0 Å². The fourth-order valence-corrected chi connectivity index (χ4v) is 2.35. The second kappa shape index (κ2) is 4.83. The third-order valence-electron chi connectivity index (χ3n) is 3.37. The molecule has 1 atom stereocenters. The zero-order valence-electron chi connectivity index (χ0n) is 10.1. The lowest BCUT2D eigenvalue weighted by Crippen LogP contribution is -2.21. The van der Waals surface area contributed by atoms with Gasteiger partial charge in [-0.05, 0) is 37.0 Å². The summed E-state index contributed by atoms with van der Waals surface area (Å²) in [6.45, 7) is 6.53. The molecule has 2 rings (SSSR count). The van der Waals surface area contributed by atoms with Crippen LogP contribution in [0.25, 0.3) is 0 Å². The molecule has 0 amide bonds. The van der Waals surface area contributed by atoms with E-state index in [0.29, 0.717) is 0 Å². The highest BCUT2D eigenvalue weighted by atomic mass is 16.3. The maximum absolute atomic E-state index is 9.18. The van der Waals surface area contributed by atoms with E-state index in [9.17, 15) is 5.11 Å². The van der Waals surface area contributed by atoms with Gasteiger partial charge in [-0.25, -0.2) is 4.98 Å². The molecule has 88 valence electrons. The van der Waals surface area contributed by atoms with Gasteiger partial charge in [0, 0.05) is 18.8 Å². The first-order valence-electron chi connectivity index (χ1n) is 6.06. The minimum absolute atomic E-state index is 0.0986. The summed E-state index contributed by atoms with van der Waals surface area (Å²) in [6, 6.07) is 3.95. The maximum atomic E-state index is 9.18. The van der Waals surface area contributed by atoms with Gasteiger partial charge in [0.2, 0.25) is 0 Å². The molecule has 1 unspecified atom stereocenters. The van der Waals surface area contributed by atoms with Gasteiger partial charge in [0.15, 0.2) is 0 Å². The number of hydrogen-bond acceptors (Lipinski definition) is 3. The molecule has 1 aromatic rings. The second-order valence-corrected chi connectivity index (χ2v) is 4.64. The van der Waals surface area contributed by atoms with Crippen molar-refractivity contribution in [3.05, 3.63) is 23.4 Å². The first-order chi connectivity index (χ1) is 7.72. The summed E-state index contributed by atoms with van der Waals surface area (Å²) >= 11 is 0. The van der Waals surface area contributed by atoms with Gasteiger partial charge in [-0.15, -0.1) is 0 Å². The summed E-state index contributed by atoms with van der Waals surface area (Å²) in [4.78, 5) is 6.88. The van der Waals surface area contributed by atoms with Crippen molar-refractivity contribution < 1.29 is 5.11 Å². The molecule has 0 spiro atoms. The largest absolute Gasteiger partial charge is 0.392 e. The summed E-state index contributed by atoms with van der Waals surface area (Å²) < 4.78 is 0. The average Bonchev–Trinajstić information content (AvgIpc) is 2.76. The van der Waals surface area contributed by atoms with Crippen molar-refractivity contribution in [2.24, 2.45) is 5.92 Å². The van der Waals surface area contributed by atoms with Crippen LogP contribution in [0, 0.1) is 12.8 Å². The van der Waals surface area contributed by atoms with Crippen molar-refractivity contribution >= 4 is 5.82 Å². The highest BCUT2D eigenvalue weighted by Crippen LogP contribution is 2.25. The fourth-order valence-electron chi connectivity index (χ4n) is 2.35. The van der Waals surface area contributed by atoms with Crippen LogP contribution in [0.4, 0.5) is 5.82 Å². The van der Waals surface area contributed by atoms with Crippen LogP contribution in [-0.2, 0) is 6.61 Å². The molecule has 1 N–H and O–H groups in total. The first-order valence-corrected chi connectivity index (χ1v) is 6.06. The topological polar surface area (TPSA) is 36.4 Å². The number of aryl methyl sites for hydroxylation is 1. The van der Waals surface area contributed by atoms with Crippen molar-refractivity contribution in [1.29, 1.82) is 0 Å². The molecular formula is C13H20N2O. The SMILES string of the molecule is CCC1CCN(c2cc(CO)cc(C)n2)C1. The zero-order chi connectivity index (χ0) is 11.5. The standard InChI is InChI=1S/C13H20N2O/c1-3-11-4-5-15(8-11)13-7-12(9-16)6-10(2)14-13/h6-7,11,16H,3-5,8-9H2,1-2H3. The number of anilines is 1. The molecule has 1 aromatic heterocycles.